The lowest BCUT2D eigenvalue weighted by molar-refractivity contribution is -0.137. The minimum absolute atomic E-state index is 0.273. The van der Waals surface area contributed by atoms with E-state index in [0.29, 0.717) is 12.3 Å². The number of rotatable bonds is 5. The molecule has 0 amide bonds. The molecule has 1 atom stereocenters. The van der Waals surface area contributed by atoms with Crippen LogP contribution in [-0.4, -0.2) is 11.1 Å². The van der Waals surface area contributed by atoms with E-state index >= 15 is 0 Å². The molecule has 72 valence electrons. The Labute approximate surface area is 75.0 Å². The third kappa shape index (κ3) is 3.74. The zero-order chi connectivity index (χ0) is 9.78. The first-order chi connectivity index (χ1) is 5.40. The van der Waals surface area contributed by atoms with Crippen LogP contribution in [0.3, 0.4) is 0 Å². The summed E-state index contributed by atoms with van der Waals surface area (Å²) in [4.78, 5) is 10.3. The Bertz CT molecular complexity index is 150. The van der Waals surface area contributed by atoms with Gasteiger partial charge in [-0.2, -0.15) is 0 Å². The first-order valence-electron chi connectivity index (χ1n) is 4.62. The largest absolute Gasteiger partial charge is 0.481 e. The molecule has 0 aromatic carbocycles. The molecule has 1 N–H and O–H groups in total. The van der Waals surface area contributed by atoms with Crippen LogP contribution in [-0.2, 0) is 4.79 Å². The van der Waals surface area contributed by atoms with E-state index in [2.05, 4.69) is 27.7 Å². The first kappa shape index (κ1) is 11.5. The molecule has 0 fully saturated rings. The van der Waals surface area contributed by atoms with E-state index in [1.54, 1.807) is 0 Å². The van der Waals surface area contributed by atoms with Crippen LogP contribution in [0.25, 0.3) is 0 Å². The van der Waals surface area contributed by atoms with E-state index in [4.69, 9.17) is 5.11 Å². The maximum absolute atomic E-state index is 10.3. The molecule has 2 heteroatoms. The van der Waals surface area contributed by atoms with Crippen molar-refractivity contribution in [2.75, 3.05) is 0 Å². The van der Waals surface area contributed by atoms with Crippen molar-refractivity contribution in [2.24, 2.45) is 11.3 Å². The van der Waals surface area contributed by atoms with Gasteiger partial charge in [-0.1, -0.05) is 34.1 Å². The van der Waals surface area contributed by atoms with Crippen molar-refractivity contribution in [3.05, 3.63) is 0 Å². The lowest BCUT2D eigenvalue weighted by Gasteiger charge is -2.30. The molecule has 0 aliphatic carbocycles. The molecule has 0 aromatic rings. The fourth-order valence-corrected chi connectivity index (χ4v) is 1.08. The summed E-state index contributed by atoms with van der Waals surface area (Å²) in [6.45, 7) is 8.67. The maximum Gasteiger partial charge on any atom is 0.303 e. The summed E-state index contributed by atoms with van der Waals surface area (Å²) < 4.78 is 0. The van der Waals surface area contributed by atoms with E-state index in [0.717, 1.165) is 12.8 Å². The van der Waals surface area contributed by atoms with Crippen molar-refractivity contribution < 1.29 is 9.90 Å². The summed E-state index contributed by atoms with van der Waals surface area (Å²) >= 11 is 0. The van der Waals surface area contributed by atoms with Crippen LogP contribution in [0.1, 0.15) is 47.0 Å². The molecule has 0 bridgehead atoms. The highest BCUT2D eigenvalue weighted by atomic mass is 16.4. The molecular weight excluding hydrogens is 152 g/mol. The highest BCUT2D eigenvalue weighted by Gasteiger charge is 2.23. The number of hydrogen-bond donors (Lipinski definition) is 1. The van der Waals surface area contributed by atoms with Crippen LogP contribution >= 0.6 is 0 Å². The minimum atomic E-state index is -0.686. The Hall–Kier alpha value is -0.530. The number of aliphatic carboxylic acids is 1. The lowest BCUT2D eigenvalue weighted by Crippen LogP contribution is -2.21. The van der Waals surface area contributed by atoms with Gasteiger partial charge in [-0.05, 0) is 17.8 Å². The lowest BCUT2D eigenvalue weighted by atomic mass is 9.76. The molecule has 2 nitrogen and oxygen atoms in total. The van der Waals surface area contributed by atoms with Crippen molar-refractivity contribution >= 4 is 5.97 Å². The van der Waals surface area contributed by atoms with Crippen LogP contribution in [0.15, 0.2) is 0 Å². The van der Waals surface area contributed by atoms with Crippen molar-refractivity contribution in [3.63, 3.8) is 0 Å². The molecule has 1 unspecified atom stereocenters. The van der Waals surface area contributed by atoms with Gasteiger partial charge >= 0.3 is 5.97 Å². The monoisotopic (exact) mass is 172 g/mol. The number of carboxylic acid groups (broad SMARTS) is 1. The van der Waals surface area contributed by atoms with Gasteiger partial charge in [0.05, 0.1) is 0 Å². The van der Waals surface area contributed by atoms with Crippen LogP contribution in [0.2, 0.25) is 0 Å². The Morgan fingerprint density at radius 1 is 1.50 bits per heavy atom. The Kier molecular flexibility index (Phi) is 4.29. The molecule has 12 heavy (non-hydrogen) atoms. The SMILES string of the molecule is CCC(C)(C)C(C)CCC(=O)O. The zero-order valence-electron chi connectivity index (χ0n) is 8.55. The fourth-order valence-electron chi connectivity index (χ4n) is 1.08. The van der Waals surface area contributed by atoms with Crippen molar-refractivity contribution in [1.29, 1.82) is 0 Å². The molecule has 0 heterocycles. The van der Waals surface area contributed by atoms with E-state index < -0.39 is 5.97 Å². The Morgan fingerprint density at radius 3 is 2.33 bits per heavy atom. The third-order valence-corrected chi connectivity index (χ3v) is 3.04. The summed E-state index contributed by atoms with van der Waals surface area (Å²) in [5.41, 5.74) is 0.273. The highest BCUT2D eigenvalue weighted by molar-refractivity contribution is 5.66. The van der Waals surface area contributed by atoms with Gasteiger partial charge in [0.15, 0.2) is 0 Å². The van der Waals surface area contributed by atoms with Crippen molar-refractivity contribution in [1.82, 2.24) is 0 Å². The van der Waals surface area contributed by atoms with E-state index in [-0.39, 0.29) is 5.41 Å². The topological polar surface area (TPSA) is 37.3 Å². The molecule has 0 aliphatic rings. The van der Waals surface area contributed by atoms with Crippen LogP contribution in [0, 0.1) is 11.3 Å². The molecule has 0 saturated heterocycles. The highest BCUT2D eigenvalue weighted by Crippen LogP contribution is 2.32. The second-order valence-electron chi connectivity index (χ2n) is 4.18. The predicted molar refractivity (Wildman–Crippen MR) is 50.1 cm³/mol. The van der Waals surface area contributed by atoms with Gasteiger partial charge in [0.1, 0.15) is 0 Å². The minimum Gasteiger partial charge on any atom is -0.481 e. The third-order valence-electron chi connectivity index (χ3n) is 3.04. The second kappa shape index (κ2) is 4.48. The van der Waals surface area contributed by atoms with Gasteiger partial charge in [-0.3, -0.25) is 4.79 Å². The zero-order valence-corrected chi connectivity index (χ0v) is 8.55. The van der Waals surface area contributed by atoms with Crippen molar-refractivity contribution in [3.8, 4) is 0 Å². The van der Waals surface area contributed by atoms with E-state index in [1.807, 2.05) is 0 Å². The number of carboxylic acids is 1. The summed E-state index contributed by atoms with van der Waals surface area (Å²) in [6.07, 6.45) is 2.19. The van der Waals surface area contributed by atoms with Gasteiger partial charge in [-0.25, -0.2) is 0 Å². The normalized spacial score (nSPS) is 14.3. The maximum atomic E-state index is 10.3. The van der Waals surface area contributed by atoms with E-state index in [1.165, 1.54) is 0 Å². The number of carbonyl (C=O) groups is 1. The molecule has 0 aliphatic heterocycles. The molecule has 0 aromatic heterocycles. The number of hydrogen-bond acceptors (Lipinski definition) is 1. The van der Waals surface area contributed by atoms with Crippen LogP contribution < -0.4 is 0 Å². The van der Waals surface area contributed by atoms with Crippen molar-refractivity contribution in [2.45, 2.75) is 47.0 Å². The Balaban J connectivity index is 3.86. The average Bonchev–Trinajstić information content (AvgIpc) is 2.00. The standard InChI is InChI=1S/C10H20O2/c1-5-10(3,4)8(2)6-7-9(11)12/h8H,5-7H2,1-4H3,(H,11,12). The summed E-state index contributed by atoms with van der Waals surface area (Å²) in [5.74, 6) is -0.202. The molecule has 0 saturated carbocycles. The summed E-state index contributed by atoms with van der Waals surface area (Å²) in [7, 11) is 0. The molecule has 0 spiro atoms. The molecular formula is C10H20O2. The summed E-state index contributed by atoms with van der Waals surface area (Å²) in [5, 5.41) is 8.50. The van der Waals surface area contributed by atoms with Gasteiger partial charge in [0.25, 0.3) is 0 Å². The second-order valence-corrected chi connectivity index (χ2v) is 4.18. The van der Waals surface area contributed by atoms with Gasteiger partial charge in [-0.15, -0.1) is 0 Å². The quantitative estimate of drug-likeness (QED) is 0.692. The first-order valence-corrected chi connectivity index (χ1v) is 4.62. The average molecular weight is 172 g/mol. The van der Waals surface area contributed by atoms with Crippen LogP contribution in [0.4, 0.5) is 0 Å². The Morgan fingerprint density at radius 2 is 2.00 bits per heavy atom. The van der Waals surface area contributed by atoms with Gasteiger partial charge in [0.2, 0.25) is 0 Å². The van der Waals surface area contributed by atoms with E-state index in [9.17, 15) is 4.79 Å². The molecule has 0 rings (SSSR count). The fraction of sp³-hybridized carbons (Fsp3) is 0.900. The van der Waals surface area contributed by atoms with Gasteiger partial charge < -0.3 is 5.11 Å². The smallest absolute Gasteiger partial charge is 0.303 e. The predicted octanol–water partition coefficient (Wildman–Crippen LogP) is 2.92. The van der Waals surface area contributed by atoms with Crippen LogP contribution in [0.5, 0.6) is 0 Å². The van der Waals surface area contributed by atoms with Gasteiger partial charge in [0, 0.05) is 6.42 Å². The molecule has 0 radical (unpaired) electrons. The summed E-state index contributed by atoms with van der Waals surface area (Å²) in [6, 6.07) is 0.